The maximum absolute atomic E-state index is 13.8. The highest BCUT2D eigenvalue weighted by Crippen LogP contribution is 2.23. The van der Waals surface area contributed by atoms with Gasteiger partial charge in [0, 0.05) is 13.1 Å². The van der Waals surface area contributed by atoms with E-state index in [0.29, 0.717) is 25.4 Å². The van der Waals surface area contributed by atoms with Crippen molar-refractivity contribution in [3.05, 3.63) is 167 Å². The molecule has 0 unspecified atom stereocenters. The van der Waals surface area contributed by atoms with Crippen LogP contribution in [0.5, 0.6) is 0 Å². The smallest absolute Gasteiger partial charge is 0.287 e. The third-order valence-corrected chi connectivity index (χ3v) is 6.42. The molecule has 1 N–H and O–H groups in total. The van der Waals surface area contributed by atoms with Crippen molar-refractivity contribution < 1.29 is 18.0 Å². The van der Waals surface area contributed by atoms with Crippen LogP contribution in [0.2, 0.25) is 0 Å². The molecule has 0 aliphatic rings. The van der Waals surface area contributed by atoms with E-state index in [1.165, 1.54) is 24.3 Å². The second-order valence-corrected chi connectivity index (χ2v) is 9.40. The average molecular weight is 523 g/mol. The zero-order valence-corrected chi connectivity index (χ0v) is 21.3. The third-order valence-electron chi connectivity index (χ3n) is 6.42. The van der Waals surface area contributed by atoms with Crippen LogP contribution in [0.3, 0.4) is 0 Å². The fourth-order valence-electron chi connectivity index (χ4n) is 4.57. The highest BCUT2D eigenvalue weighted by atomic mass is 19.1. The van der Waals surface area contributed by atoms with Gasteiger partial charge in [-0.2, -0.15) is 0 Å². The van der Waals surface area contributed by atoms with Gasteiger partial charge in [-0.15, -0.1) is 0 Å². The minimum absolute atomic E-state index is 0.203. The van der Waals surface area contributed by atoms with Gasteiger partial charge < -0.3 is 9.73 Å². The first-order valence-corrected chi connectivity index (χ1v) is 12.7. The molecule has 0 atom stereocenters. The summed E-state index contributed by atoms with van der Waals surface area (Å²) < 4.78 is 33.3. The summed E-state index contributed by atoms with van der Waals surface area (Å²) in [4.78, 5) is 15.3. The Morgan fingerprint density at radius 3 is 1.95 bits per heavy atom. The van der Waals surface area contributed by atoms with Crippen LogP contribution in [0, 0.1) is 11.6 Å². The summed E-state index contributed by atoms with van der Waals surface area (Å²) >= 11 is 0. The van der Waals surface area contributed by atoms with Gasteiger partial charge in [0.2, 0.25) is 0 Å². The van der Waals surface area contributed by atoms with Gasteiger partial charge in [-0.1, -0.05) is 84.9 Å². The van der Waals surface area contributed by atoms with Gasteiger partial charge in [0.15, 0.2) is 5.76 Å². The van der Waals surface area contributed by atoms with Gasteiger partial charge in [-0.05, 0) is 58.7 Å². The average Bonchev–Trinajstić information content (AvgIpc) is 3.42. The minimum Gasteiger partial charge on any atom is -0.455 e. The Hall–Kier alpha value is -4.55. The number of hydrogen-bond donors (Lipinski definition) is 1. The number of amides is 1. The summed E-state index contributed by atoms with van der Waals surface area (Å²) in [5, 5.41) is 3.10. The quantitative estimate of drug-likeness (QED) is 0.210. The van der Waals surface area contributed by atoms with Gasteiger partial charge in [0.1, 0.15) is 17.4 Å². The lowest BCUT2D eigenvalue weighted by molar-refractivity contribution is 0.0910. The highest BCUT2D eigenvalue weighted by Gasteiger charge is 2.20. The second-order valence-electron chi connectivity index (χ2n) is 9.40. The normalized spacial score (nSPS) is 11.2. The topological polar surface area (TPSA) is 45.5 Å². The SMILES string of the molecule is O=C(NC(c1ccccc1)c1ccccc1)c1ccc(CN(Cc2ccc(F)cc2)Cc2cccc(F)c2)o1. The number of nitrogens with one attached hydrogen (secondary N) is 1. The van der Waals surface area contributed by atoms with Crippen LogP contribution >= 0.6 is 0 Å². The molecule has 6 heteroatoms. The Morgan fingerprint density at radius 2 is 1.31 bits per heavy atom. The van der Waals surface area contributed by atoms with Crippen molar-refractivity contribution in [1.29, 1.82) is 0 Å². The number of halogens is 2. The largest absolute Gasteiger partial charge is 0.455 e. The third kappa shape index (κ3) is 7.06. The number of nitrogens with zero attached hydrogens (tertiary/aromatic N) is 1. The summed E-state index contributed by atoms with van der Waals surface area (Å²) in [6.07, 6.45) is 0. The fourth-order valence-corrected chi connectivity index (χ4v) is 4.57. The summed E-state index contributed by atoms with van der Waals surface area (Å²) in [6, 6.07) is 35.4. The summed E-state index contributed by atoms with van der Waals surface area (Å²) in [7, 11) is 0. The zero-order chi connectivity index (χ0) is 27.0. The van der Waals surface area contributed by atoms with Crippen LogP contribution in [0.15, 0.2) is 126 Å². The van der Waals surface area contributed by atoms with Crippen LogP contribution in [-0.4, -0.2) is 10.8 Å². The van der Waals surface area contributed by atoms with E-state index < -0.39 is 0 Å². The molecule has 0 spiro atoms. The van der Waals surface area contributed by atoms with Crippen molar-refractivity contribution in [3.63, 3.8) is 0 Å². The molecule has 0 aliphatic heterocycles. The van der Waals surface area contributed by atoms with Crippen LogP contribution in [-0.2, 0) is 19.6 Å². The van der Waals surface area contributed by atoms with Crippen molar-refractivity contribution in [3.8, 4) is 0 Å². The van der Waals surface area contributed by atoms with E-state index in [1.54, 1.807) is 30.3 Å². The maximum Gasteiger partial charge on any atom is 0.287 e. The second kappa shape index (κ2) is 12.3. The molecule has 0 saturated heterocycles. The number of hydrogen-bond acceptors (Lipinski definition) is 3. The fraction of sp³-hybridized carbons (Fsp3) is 0.121. The lowest BCUT2D eigenvalue weighted by atomic mass is 9.98. The van der Waals surface area contributed by atoms with Crippen LogP contribution < -0.4 is 5.32 Å². The van der Waals surface area contributed by atoms with Gasteiger partial charge in [0.05, 0.1) is 12.6 Å². The molecule has 5 rings (SSSR count). The predicted molar refractivity (Wildman–Crippen MR) is 147 cm³/mol. The van der Waals surface area contributed by atoms with E-state index in [0.717, 1.165) is 22.3 Å². The summed E-state index contributed by atoms with van der Waals surface area (Å²) in [6.45, 7) is 1.31. The molecular weight excluding hydrogens is 494 g/mol. The molecule has 0 bridgehead atoms. The molecule has 0 aliphatic carbocycles. The lowest BCUT2D eigenvalue weighted by Crippen LogP contribution is -2.29. The number of carbonyl (C=O) groups is 1. The number of rotatable bonds is 10. The molecule has 4 aromatic carbocycles. The van der Waals surface area contributed by atoms with Gasteiger partial charge in [-0.3, -0.25) is 9.69 Å². The Labute approximate surface area is 226 Å². The molecule has 0 saturated carbocycles. The van der Waals surface area contributed by atoms with E-state index in [4.69, 9.17) is 4.42 Å². The number of furan rings is 1. The monoisotopic (exact) mass is 522 g/mol. The Bertz CT molecular complexity index is 1460. The summed E-state index contributed by atoms with van der Waals surface area (Å²) in [5.74, 6) is -0.142. The van der Waals surface area contributed by atoms with Crippen LogP contribution in [0.25, 0.3) is 0 Å². The van der Waals surface area contributed by atoms with Crippen LogP contribution in [0.1, 0.15) is 44.6 Å². The molecule has 0 radical (unpaired) electrons. The summed E-state index contributed by atoms with van der Waals surface area (Å²) in [5.41, 5.74) is 3.63. The predicted octanol–water partition coefficient (Wildman–Crippen LogP) is 7.28. The van der Waals surface area contributed by atoms with E-state index >= 15 is 0 Å². The Balaban J connectivity index is 1.33. The first kappa shape index (κ1) is 26.1. The standard InChI is InChI=1S/C33H28F2N2O2/c34-28-16-14-24(15-17-28)21-37(22-25-8-7-13-29(35)20-25)23-30-18-19-31(39-30)33(38)36-32(26-9-3-1-4-10-26)27-11-5-2-6-12-27/h1-20,32H,21-23H2,(H,36,38). The first-order chi connectivity index (χ1) is 19.0. The molecule has 1 amide bonds. The van der Waals surface area contributed by atoms with Crippen molar-refractivity contribution in [2.24, 2.45) is 0 Å². The molecule has 4 nitrogen and oxygen atoms in total. The molecular formula is C33H28F2N2O2. The van der Waals surface area contributed by atoms with Gasteiger partial charge >= 0.3 is 0 Å². The number of carbonyl (C=O) groups excluding carboxylic acids is 1. The minimum atomic E-state index is -0.337. The molecule has 0 fully saturated rings. The van der Waals surface area contributed by atoms with Crippen molar-refractivity contribution in [2.75, 3.05) is 0 Å². The molecule has 39 heavy (non-hydrogen) atoms. The Morgan fingerprint density at radius 1 is 0.667 bits per heavy atom. The zero-order valence-electron chi connectivity index (χ0n) is 21.3. The number of benzene rings is 4. The highest BCUT2D eigenvalue weighted by molar-refractivity contribution is 5.92. The molecule has 1 heterocycles. The van der Waals surface area contributed by atoms with Crippen molar-refractivity contribution in [1.82, 2.24) is 10.2 Å². The lowest BCUT2D eigenvalue weighted by Gasteiger charge is -2.22. The molecule has 5 aromatic rings. The van der Waals surface area contributed by atoms with Crippen molar-refractivity contribution >= 4 is 5.91 Å². The van der Waals surface area contributed by atoms with Gasteiger partial charge in [0.25, 0.3) is 5.91 Å². The van der Waals surface area contributed by atoms with E-state index in [-0.39, 0.29) is 29.3 Å². The van der Waals surface area contributed by atoms with Crippen molar-refractivity contribution in [2.45, 2.75) is 25.7 Å². The Kier molecular flexibility index (Phi) is 8.24. The molecule has 196 valence electrons. The first-order valence-electron chi connectivity index (χ1n) is 12.7. The van der Waals surface area contributed by atoms with E-state index in [2.05, 4.69) is 10.2 Å². The van der Waals surface area contributed by atoms with Gasteiger partial charge in [-0.25, -0.2) is 8.78 Å². The molecule has 1 aromatic heterocycles. The van der Waals surface area contributed by atoms with E-state index in [9.17, 15) is 13.6 Å². The maximum atomic E-state index is 13.8. The van der Waals surface area contributed by atoms with Crippen LogP contribution in [0.4, 0.5) is 8.78 Å². The van der Waals surface area contributed by atoms with E-state index in [1.807, 2.05) is 66.7 Å².